The summed E-state index contributed by atoms with van der Waals surface area (Å²) in [5.74, 6) is 0.137. The highest BCUT2D eigenvalue weighted by Crippen LogP contribution is 2.29. The molecule has 0 atom stereocenters. The number of hydrogen-bond acceptors (Lipinski definition) is 8. The lowest BCUT2D eigenvalue weighted by Gasteiger charge is -2.15. The van der Waals surface area contributed by atoms with Crippen molar-refractivity contribution >= 4 is 28.9 Å². The molecule has 11 nitrogen and oxygen atoms in total. The van der Waals surface area contributed by atoms with Crippen molar-refractivity contribution in [1.29, 1.82) is 0 Å². The first kappa shape index (κ1) is 26.0. The van der Waals surface area contributed by atoms with Crippen LogP contribution in [0.1, 0.15) is 27.1 Å². The third-order valence-corrected chi connectivity index (χ3v) is 5.09. The second kappa shape index (κ2) is 12.2. The van der Waals surface area contributed by atoms with Gasteiger partial charge in [-0.3, -0.25) is 19.7 Å². The number of non-ortho nitro benzene ring substituents is 1. The summed E-state index contributed by atoms with van der Waals surface area (Å²) in [7, 11) is 3.01. The molecule has 0 aromatic heterocycles. The van der Waals surface area contributed by atoms with Crippen molar-refractivity contribution in [2.45, 2.75) is 6.42 Å². The van der Waals surface area contributed by atoms with E-state index in [4.69, 9.17) is 19.9 Å². The van der Waals surface area contributed by atoms with Gasteiger partial charge in [0.05, 0.1) is 42.6 Å². The Morgan fingerprint density at radius 1 is 0.889 bits per heavy atom. The number of nitrogens with two attached hydrogens (primary N) is 1. The van der Waals surface area contributed by atoms with E-state index in [0.29, 0.717) is 30.2 Å². The van der Waals surface area contributed by atoms with Gasteiger partial charge in [0.15, 0.2) is 0 Å². The van der Waals surface area contributed by atoms with Crippen molar-refractivity contribution in [3.63, 3.8) is 0 Å². The van der Waals surface area contributed by atoms with Gasteiger partial charge >= 0.3 is 0 Å². The van der Waals surface area contributed by atoms with E-state index in [1.807, 2.05) is 0 Å². The second-order valence-electron chi connectivity index (χ2n) is 7.48. The summed E-state index contributed by atoms with van der Waals surface area (Å²) in [5, 5.41) is 16.7. The molecule has 0 aliphatic rings. The Bertz CT molecular complexity index is 1250. The van der Waals surface area contributed by atoms with Gasteiger partial charge in [-0.2, -0.15) is 0 Å². The van der Waals surface area contributed by atoms with E-state index in [9.17, 15) is 19.7 Å². The number of carbonyl (C=O) groups is 2. The fourth-order valence-electron chi connectivity index (χ4n) is 3.21. The topological polar surface area (TPSA) is 155 Å². The molecule has 188 valence electrons. The van der Waals surface area contributed by atoms with Crippen molar-refractivity contribution in [3.8, 4) is 17.2 Å². The SMILES string of the molecule is COc1ccc(NC(=O)c2ccc([N+](=O)[O-])cc2NC(=O)c2ccc(OC)cc2OCCCN)cc1. The smallest absolute Gasteiger partial charge is 0.271 e. The third-order valence-electron chi connectivity index (χ3n) is 5.09. The Morgan fingerprint density at radius 3 is 2.17 bits per heavy atom. The van der Waals surface area contributed by atoms with Gasteiger partial charge < -0.3 is 30.6 Å². The minimum Gasteiger partial charge on any atom is -0.497 e. The maximum absolute atomic E-state index is 13.2. The molecule has 0 saturated carbocycles. The van der Waals surface area contributed by atoms with Crippen LogP contribution in [0.3, 0.4) is 0 Å². The van der Waals surface area contributed by atoms with Crippen LogP contribution in [0.2, 0.25) is 0 Å². The lowest BCUT2D eigenvalue weighted by atomic mass is 10.1. The predicted octanol–water partition coefficient (Wildman–Crippen LogP) is 3.84. The first-order chi connectivity index (χ1) is 17.4. The summed E-state index contributed by atoms with van der Waals surface area (Å²) in [5.41, 5.74) is 5.85. The van der Waals surface area contributed by atoms with Crippen molar-refractivity contribution < 1.29 is 28.7 Å². The van der Waals surface area contributed by atoms with Crippen LogP contribution in [0.15, 0.2) is 60.7 Å². The molecule has 0 aliphatic carbocycles. The molecule has 2 amide bonds. The first-order valence-corrected chi connectivity index (χ1v) is 10.9. The average molecular weight is 495 g/mol. The molecule has 0 heterocycles. The summed E-state index contributed by atoms with van der Waals surface area (Å²) < 4.78 is 16.0. The second-order valence-corrected chi connectivity index (χ2v) is 7.48. The van der Waals surface area contributed by atoms with Gasteiger partial charge in [0.25, 0.3) is 17.5 Å². The number of nitrogens with one attached hydrogen (secondary N) is 2. The number of ether oxygens (including phenoxy) is 3. The van der Waals surface area contributed by atoms with E-state index < -0.39 is 16.7 Å². The van der Waals surface area contributed by atoms with Crippen LogP contribution in [0.25, 0.3) is 0 Å². The number of carbonyl (C=O) groups excluding carboxylic acids is 2. The standard InChI is InChI=1S/C25H26N4O7/c1-34-18-7-4-16(5-8-18)27-24(30)20-10-6-17(29(32)33)14-22(20)28-25(31)21-11-9-19(35-2)15-23(21)36-13-3-12-26/h4-11,14-15H,3,12-13,26H2,1-2H3,(H,27,30)(H,28,31). The minimum absolute atomic E-state index is 0.0314. The van der Waals surface area contributed by atoms with Crippen LogP contribution in [-0.4, -0.2) is 44.1 Å². The molecule has 0 bridgehead atoms. The Kier molecular flexibility index (Phi) is 8.79. The van der Waals surface area contributed by atoms with Crippen molar-refractivity contribution in [3.05, 3.63) is 81.9 Å². The number of methoxy groups -OCH3 is 2. The molecule has 11 heteroatoms. The zero-order chi connectivity index (χ0) is 26.1. The number of nitro benzene ring substituents is 1. The molecular weight excluding hydrogens is 468 g/mol. The normalized spacial score (nSPS) is 10.3. The largest absolute Gasteiger partial charge is 0.497 e. The first-order valence-electron chi connectivity index (χ1n) is 10.9. The molecule has 0 radical (unpaired) electrons. The summed E-state index contributed by atoms with van der Waals surface area (Å²) in [6, 6.07) is 14.8. The molecule has 3 aromatic carbocycles. The van der Waals surface area contributed by atoms with Crippen molar-refractivity contribution in [1.82, 2.24) is 0 Å². The molecule has 0 fully saturated rings. The number of amides is 2. The number of nitrogens with zero attached hydrogens (tertiary/aromatic N) is 1. The van der Waals surface area contributed by atoms with Gasteiger partial charge in [0, 0.05) is 23.9 Å². The summed E-state index contributed by atoms with van der Waals surface area (Å²) in [4.78, 5) is 36.9. The molecule has 0 unspecified atom stereocenters. The molecule has 0 spiro atoms. The van der Waals surface area contributed by atoms with Crippen molar-refractivity contribution in [2.24, 2.45) is 5.73 Å². The van der Waals surface area contributed by atoms with Gasteiger partial charge in [-0.1, -0.05) is 0 Å². The van der Waals surface area contributed by atoms with Gasteiger partial charge in [0.1, 0.15) is 17.2 Å². The van der Waals surface area contributed by atoms with E-state index in [0.717, 1.165) is 6.07 Å². The molecular formula is C25H26N4O7. The molecule has 0 saturated heterocycles. The van der Waals surface area contributed by atoms with Gasteiger partial charge in [-0.15, -0.1) is 0 Å². The van der Waals surface area contributed by atoms with Crippen LogP contribution in [0.5, 0.6) is 17.2 Å². The molecule has 0 aliphatic heterocycles. The Hall–Kier alpha value is -4.64. The average Bonchev–Trinajstić information content (AvgIpc) is 2.89. The fraction of sp³-hybridized carbons (Fsp3) is 0.200. The highest BCUT2D eigenvalue weighted by atomic mass is 16.6. The highest BCUT2D eigenvalue weighted by Gasteiger charge is 2.21. The minimum atomic E-state index is -0.626. The molecule has 3 rings (SSSR count). The fourth-order valence-corrected chi connectivity index (χ4v) is 3.21. The van der Waals surface area contributed by atoms with Crippen LogP contribution >= 0.6 is 0 Å². The van der Waals surface area contributed by atoms with E-state index in [1.165, 1.54) is 32.4 Å². The lowest BCUT2D eigenvalue weighted by Crippen LogP contribution is -2.19. The number of rotatable bonds is 11. The van der Waals surface area contributed by atoms with E-state index in [-0.39, 0.29) is 34.9 Å². The Balaban J connectivity index is 1.91. The van der Waals surface area contributed by atoms with Crippen LogP contribution in [0.4, 0.5) is 17.1 Å². The monoisotopic (exact) mass is 494 g/mol. The summed E-state index contributed by atoms with van der Waals surface area (Å²) >= 11 is 0. The molecule has 4 N–H and O–H groups in total. The number of hydrogen-bond donors (Lipinski definition) is 3. The van der Waals surface area contributed by atoms with E-state index in [1.54, 1.807) is 36.4 Å². The summed E-state index contributed by atoms with van der Waals surface area (Å²) in [6.45, 7) is 0.683. The van der Waals surface area contributed by atoms with E-state index >= 15 is 0 Å². The molecule has 3 aromatic rings. The predicted molar refractivity (Wildman–Crippen MR) is 134 cm³/mol. The van der Waals surface area contributed by atoms with Gasteiger partial charge in [-0.05, 0) is 55.4 Å². The van der Waals surface area contributed by atoms with Crippen molar-refractivity contribution in [2.75, 3.05) is 38.0 Å². The Labute approximate surface area is 207 Å². The van der Waals surface area contributed by atoms with Gasteiger partial charge in [0.2, 0.25) is 0 Å². The third kappa shape index (κ3) is 6.48. The maximum atomic E-state index is 13.2. The van der Waals surface area contributed by atoms with Crippen LogP contribution < -0.4 is 30.6 Å². The summed E-state index contributed by atoms with van der Waals surface area (Å²) in [6.07, 6.45) is 0.568. The maximum Gasteiger partial charge on any atom is 0.271 e. The number of benzene rings is 3. The number of anilines is 2. The van der Waals surface area contributed by atoms with E-state index in [2.05, 4.69) is 10.6 Å². The zero-order valence-electron chi connectivity index (χ0n) is 19.8. The highest BCUT2D eigenvalue weighted by molar-refractivity contribution is 6.13. The van der Waals surface area contributed by atoms with Gasteiger partial charge in [-0.25, -0.2) is 0 Å². The Morgan fingerprint density at radius 2 is 1.53 bits per heavy atom. The molecule has 36 heavy (non-hydrogen) atoms. The lowest BCUT2D eigenvalue weighted by molar-refractivity contribution is -0.384. The number of nitro groups is 1. The zero-order valence-corrected chi connectivity index (χ0v) is 19.8. The quantitative estimate of drug-likeness (QED) is 0.206. The van der Waals surface area contributed by atoms with Crippen LogP contribution in [-0.2, 0) is 0 Å². The van der Waals surface area contributed by atoms with Crippen LogP contribution in [0, 0.1) is 10.1 Å².